The number of anilines is 2. The standard InChI is InChI=1S/C14H21N3O2/c1-10(9-19-3)17(2)14(18)11-4-5-12-13(8-11)16-7-6-15-12/h4-5,8,10,15-16H,6-7,9H2,1-3H3. The van der Waals surface area contributed by atoms with Gasteiger partial charge in [-0.3, -0.25) is 4.79 Å². The maximum atomic E-state index is 12.4. The Bertz CT molecular complexity index is 462. The van der Waals surface area contributed by atoms with Crippen molar-refractivity contribution in [1.82, 2.24) is 4.90 Å². The Morgan fingerprint density at radius 2 is 2.05 bits per heavy atom. The molecule has 0 spiro atoms. The summed E-state index contributed by atoms with van der Waals surface area (Å²) in [4.78, 5) is 14.1. The molecule has 1 heterocycles. The molecule has 0 radical (unpaired) electrons. The molecule has 19 heavy (non-hydrogen) atoms. The number of fused-ring (bicyclic) bond motifs is 1. The zero-order valence-electron chi connectivity index (χ0n) is 11.7. The lowest BCUT2D eigenvalue weighted by molar-refractivity contribution is 0.0633. The molecule has 0 fully saturated rings. The lowest BCUT2D eigenvalue weighted by Gasteiger charge is -2.25. The van der Waals surface area contributed by atoms with Crippen LogP contribution < -0.4 is 10.6 Å². The van der Waals surface area contributed by atoms with E-state index in [0.717, 1.165) is 24.5 Å². The number of likely N-dealkylation sites (N-methyl/N-ethyl adjacent to an activating group) is 1. The maximum Gasteiger partial charge on any atom is 0.253 e. The van der Waals surface area contributed by atoms with Gasteiger partial charge in [0.05, 0.1) is 24.0 Å². The first kappa shape index (κ1) is 13.7. The van der Waals surface area contributed by atoms with Crippen LogP contribution in [0.2, 0.25) is 0 Å². The van der Waals surface area contributed by atoms with E-state index in [1.54, 1.807) is 19.1 Å². The number of hydrogen-bond acceptors (Lipinski definition) is 4. The molecule has 1 aromatic carbocycles. The summed E-state index contributed by atoms with van der Waals surface area (Å²) in [5.74, 6) is 0.0136. The highest BCUT2D eigenvalue weighted by atomic mass is 16.5. The molecule has 104 valence electrons. The van der Waals surface area contributed by atoms with Gasteiger partial charge in [-0.25, -0.2) is 0 Å². The molecule has 0 saturated heterocycles. The number of carbonyl (C=O) groups excluding carboxylic acids is 1. The van der Waals surface area contributed by atoms with Gasteiger partial charge in [-0.15, -0.1) is 0 Å². The van der Waals surface area contributed by atoms with Crippen molar-refractivity contribution in [2.75, 3.05) is 44.5 Å². The highest BCUT2D eigenvalue weighted by Crippen LogP contribution is 2.25. The molecule has 1 aliphatic rings. The van der Waals surface area contributed by atoms with Crippen LogP contribution in [0, 0.1) is 0 Å². The highest BCUT2D eigenvalue weighted by Gasteiger charge is 2.19. The first-order valence-electron chi connectivity index (χ1n) is 6.51. The van der Waals surface area contributed by atoms with E-state index in [1.807, 2.05) is 25.1 Å². The SMILES string of the molecule is COCC(C)N(C)C(=O)c1ccc2c(c1)NCCN2. The van der Waals surface area contributed by atoms with E-state index in [1.165, 1.54) is 0 Å². The number of nitrogens with one attached hydrogen (secondary N) is 2. The summed E-state index contributed by atoms with van der Waals surface area (Å²) in [7, 11) is 3.44. The molecule has 1 aromatic rings. The molecule has 2 rings (SSSR count). The van der Waals surface area contributed by atoms with E-state index in [2.05, 4.69) is 10.6 Å². The molecule has 0 saturated carbocycles. The number of carbonyl (C=O) groups is 1. The summed E-state index contributed by atoms with van der Waals surface area (Å²) < 4.78 is 5.09. The van der Waals surface area contributed by atoms with Gasteiger partial charge in [-0.05, 0) is 25.1 Å². The number of ether oxygens (including phenoxy) is 1. The van der Waals surface area contributed by atoms with Gasteiger partial charge in [0.2, 0.25) is 0 Å². The lowest BCUT2D eigenvalue weighted by atomic mass is 10.1. The van der Waals surface area contributed by atoms with Crippen LogP contribution in [0.3, 0.4) is 0 Å². The predicted octanol–water partition coefficient (Wildman–Crippen LogP) is 1.63. The smallest absolute Gasteiger partial charge is 0.253 e. The van der Waals surface area contributed by atoms with Crippen molar-refractivity contribution in [3.05, 3.63) is 23.8 Å². The third-order valence-electron chi connectivity index (χ3n) is 3.41. The van der Waals surface area contributed by atoms with Crippen LogP contribution in [-0.4, -0.2) is 50.7 Å². The van der Waals surface area contributed by atoms with Gasteiger partial charge in [0.1, 0.15) is 0 Å². The van der Waals surface area contributed by atoms with Gasteiger partial charge < -0.3 is 20.3 Å². The minimum Gasteiger partial charge on any atom is -0.383 e. The predicted molar refractivity (Wildman–Crippen MR) is 76.9 cm³/mol. The van der Waals surface area contributed by atoms with Crippen LogP contribution >= 0.6 is 0 Å². The Morgan fingerprint density at radius 1 is 1.37 bits per heavy atom. The Labute approximate surface area is 113 Å². The van der Waals surface area contributed by atoms with Crippen LogP contribution in [0.15, 0.2) is 18.2 Å². The fourth-order valence-electron chi connectivity index (χ4n) is 2.13. The Kier molecular flexibility index (Phi) is 4.27. The second kappa shape index (κ2) is 5.93. The summed E-state index contributed by atoms with van der Waals surface area (Å²) in [5.41, 5.74) is 2.74. The van der Waals surface area contributed by atoms with Gasteiger partial charge in [-0.2, -0.15) is 0 Å². The molecular formula is C14H21N3O2. The normalized spacial score (nSPS) is 14.9. The van der Waals surface area contributed by atoms with Crippen LogP contribution in [0.25, 0.3) is 0 Å². The van der Waals surface area contributed by atoms with Crippen molar-refractivity contribution >= 4 is 17.3 Å². The lowest BCUT2D eigenvalue weighted by Crippen LogP contribution is -2.37. The van der Waals surface area contributed by atoms with Crippen molar-refractivity contribution < 1.29 is 9.53 Å². The molecular weight excluding hydrogens is 242 g/mol. The summed E-state index contributed by atoms with van der Waals surface area (Å²) in [5, 5.41) is 6.59. The maximum absolute atomic E-state index is 12.4. The van der Waals surface area contributed by atoms with Crippen LogP contribution in [0.5, 0.6) is 0 Å². The summed E-state index contributed by atoms with van der Waals surface area (Å²) in [6.07, 6.45) is 0. The van der Waals surface area contributed by atoms with Crippen molar-refractivity contribution in [1.29, 1.82) is 0 Å². The van der Waals surface area contributed by atoms with Crippen LogP contribution in [0.4, 0.5) is 11.4 Å². The average Bonchev–Trinajstić information content (AvgIpc) is 2.45. The highest BCUT2D eigenvalue weighted by molar-refractivity contribution is 5.96. The van der Waals surface area contributed by atoms with Crippen LogP contribution in [0.1, 0.15) is 17.3 Å². The number of benzene rings is 1. The van der Waals surface area contributed by atoms with Crippen molar-refractivity contribution in [2.24, 2.45) is 0 Å². The zero-order chi connectivity index (χ0) is 13.8. The molecule has 0 aromatic heterocycles. The van der Waals surface area contributed by atoms with Crippen molar-refractivity contribution in [2.45, 2.75) is 13.0 Å². The first-order valence-corrected chi connectivity index (χ1v) is 6.51. The topological polar surface area (TPSA) is 53.6 Å². The van der Waals surface area contributed by atoms with Crippen molar-refractivity contribution in [3.63, 3.8) is 0 Å². The summed E-state index contributed by atoms with van der Waals surface area (Å²) >= 11 is 0. The first-order chi connectivity index (χ1) is 9.13. The molecule has 2 N–H and O–H groups in total. The van der Waals surface area contributed by atoms with Gasteiger partial charge in [-0.1, -0.05) is 0 Å². The monoisotopic (exact) mass is 263 g/mol. The quantitative estimate of drug-likeness (QED) is 0.867. The fourth-order valence-corrected chi connectivity index (χ4v) is 2.13. The number of amides is 1. The zero-order valence-corrected chi connectivity index (χ0v) is 11.7. The summed E-state index contributed by atoms with van der Waals surface area (Å²) in [6.45, 7) is 4.29. The molecule has 0 bridgehead atoms. The van der Waals surface area contributed by atoms with Gasteiger partial charge >= 0.3 is 0 Å². The molecule has 1 atom stereocenters. The van der Waals surface area contributed by atoms with E-state index >= 15 is 0 Å². The van der Waals surface area contributed by atoms with Gasteiger partial charge in [0.15, 0.2) is 0 Å². The molecule has 1 unspecified atom stereocenters. The fraction of sp³-hybridized carbons (Fsp3) is 0.500. The third kappa shape index (κ3) is 2.98. The Morgan fingerprint density at radius 3 is 2.74 bits per heavy atom. The van der Waals surface area contributed by atoms with E-state index in [9.17, 15) is 4.79 Å². The van der Waals surface area contributed by atoms with Gasteiger partial charge in [0.25, 0.3) is 5.91 Å². The number of nitrogens with zero attached hydrogens (tertiary/aromatic N) is 1. The van der Waals surface area contributed by atoms with E-state index < -0.39 is 0 Å². The summed E-state index contributed by atoms with van der Waals surface area (Å²) in [6, 6.07) is 5.76. The Balaban J connectivity index is 2.15. The largest absolute Gasteiger partial charge is 0.383 e. The number of methoxy groups -OCH3 is 1. The molecule has 5 nitrogen and oxygen atoms in total. The Hall–Kier alpha value is -1.75. The van der Waals surface area contributed by atoms with E-state index in [4.69, 9.17) is 4.74 Å². The van der Waals surface area contributed by atoms with Crippen LogP contribution in [-0.2, 0) is 4.74 Å². The minimum absolute atomic E-state index is 0.0136. The average molecular weight is 263 g/mol. The minimum atomic E-state index is 0.0136. The number of rotatable bonds is 4. The van der Waals surface area contributed by atoms with Crippen molar-refractivity contribution in [3.8, 4) is 0 Å². The third-order valence-corrected chi connectivity index (χ3v) is 3.41. The second-order valence-corrected chi connectivity index (χ2v) is 4.83. The second-order valence-electron chi connectivity index (χ2n) is 4.83. The molecule has 0 aliphatic carbocycles. The number of hydrogen-bond donors (Lipinski definition) is 2. The molecule has 5 heteroatoms. The van der Waals surface area contributed by atoms with Gasteiger partial charge in [0, 0.05) is 32.8 Å². The molecule has 1 aliphatic heterocycles. The van der Waals surface area contributed by atoms with E-state index in [-0.39, 0.29) is 11.9 Å². The van der Waals surface area contributed by atoms with E-state index in [0.29, 0.717) is 12.2 Å². The molecule has 1 amide bonds.